The van der Waals surface area contributed by atoms with Crippen molar-refractivity contribution in [3.05, 3.63) is 66.6 Å². The fourth-order valence-electron chi connectivity index (χ4n) is 1.61. The zero-order valence-electron chi connectivity index (χ0n) is 11.5. The normalized spacial score (nSPS) is 11.4. The first kappa shape index (κ1) is 16.2. The monoisotopic (exact) mass is 290 g/mol. The summed E-state index contributed by atoms with van der Waals surface area (Å²) in [5.41, 5.74) is -0.0513. The van der Waals surface area contributed by atoms with Gasteiger partial charge in [-0.1, -0.05) is 25.3 Å². The van der Waals surface area contributed by atoms with E-state index in [1.165, 1.54) is 31.4 Å². The van der Waals surface area contributed by atoms with Gasteiger partial charge in [-0.25, -0.2) is 4.39 Å². The largest absolute Gasteiger partial charge is 0.508 e. The maximum atomic E-state index is 13.1. The van der Waals surface area contributed by atoms with Crippen molar-refractivity contribution in [1.82, 2.24) is 0 Å². The lowest BCUT2D eigenvalue weighted by Crippen LogP contribution is -2.00. The van der Waals surface area contributed by atoms with Gasteiger partial charge in [-0.2, -0.15) is 0 Å². The summed E-state index contributed by atoms with van der Waals surface area (Å²) in [6.45, 7) is 6.56. The van der Waals surface area contributed by atoms with Crippen LogP contribution in [-0.2, 0) is 0 Å². The number of ether oxygens (including phenoxy) is 1. The summed E-state index contributed by atoms with van der Waals surface area (Å²) in [7, 11) is 1.29. The molecule has 0 radical (unpaired) electrons. The molecule has 0 aliphatic rings. The highest BCUT2D eigenvalue weighted by Gasteiger charge is 2.16. The summed E-state index contributed by atoms with van der Waals surface area (Å²) < 4.78 is 18.0. The molecule has 21 heavy (non-hydrogen) atoms. The molecule has 0 unspecified atom stereocenters. The molecule has 0 aliphatic heterocycles. The Morgan fingerprint density at radius 1 is 1.33 bits per heavy atom. The molecule has 0 spiro atoms. The number of allylic oxidation sites excluding steroid dienone is 6. The van der Waals surface area contributed by atoms with Crippen LogP contribution in [0, 0.1) is 0 Å². The second kappa shape index (κ2) is 7.09. The van der Waals surface area contributed by atoms with Crippen molar-refractivity contribution >= 4 is 5.78 Å². The predicted molar refractivity (Wildman–Crippen MR) is 78.3 cm³/mol. The van der Waals surface area contributed by atoms with Gasteiger partial charge in [0.2, 0.25) is 0 Å². The van der Waals surface area contributed by atoms with E-state index in [9.17, 15) is 19.4 Å². The number of aromatic hydroxyl groups is 2. The number of methoxy groups -OCH3 is 1. The number of phenolic OH excluding ortho intramolecular Hbond substituents is 2. The van der Waals surface area contributed by atoms with Crippen LogP contribution in [0.4, 0.5) is 4.39 Å². The molecule has 1 aromatic rings. The Hall–Kier alpha value is -2.82. The molecular formula is C16H15FO4. The van der Waals surface area contributed by atoms with E-state index in [4.69, 9.17) is 4.74 Å². The van der Waals surface area contributed by atoms with Gasteiger partial charge >= 0.3 is 0 Å². The highest BCUT2D eigenvalue weighted by molar-refractivity contribution is 6.09. The Labute approximate surface area is 121 Å². The number of carbonyl (C=O) groups excluding carboxylic acids is 1. The quantitative estimate of drug-likeness (QED) is 0.478. The van der Waals surface area contributed by atoms with Gasteiger partial charge in [0.1, 0.15) is 28.6 Å². The van der Waals surface area contributed by atoms with E-state index >= 15 is 0 Å². The summed E-state index contributed by atoms with van der Waals surface area (Å²) in [6.07, 6.45) is 4.97. The van der Waals surface area contributed by atoms with Crippen molar-refractivity contribution in [3.63, 3.8) is 0 Å². The van der Waals surface area contributed by atoms with Crippen LogP contribution >= 0.6 is 0 Å². The first-order valence-electron chi connectivity index (χ1n) is 5.90. The summed E-state index contributed by atoms with van der Waals surface area (Å²) in [5.74, 6) is -2.00. The molecule has 0 aliphatic carbocycles. The molecule has 0 amide bonds. The van der Waals surface area contributed by atoms with Crippen LogP contribution in [-0.4, -0.2) is 23.1 Å². The SMILES string of the molecule is C=C/C=C(/C=C/C(=O)c1c(O)cc(O)cc1OC)C(=C)F. The van der Waals surface area contributed by atoms with E-state index in [-0.39, 0.29) is 22.6 Å². The number of rotatable bonds is 6. The van der Waals surface area contributed by atoms with Crippen LogP contribution in [0.3, 0.4) is 0 Å². The van der Waals surface area contributed by atoms with Crippen molar-refractivity contribution in [1.29, 1.82) is 0 Å². The van der Waals surface area contributed by atoms with Crippen molar-refractivity contribution in [2.24, 2.45) is 0 Å². The fraction of sp³-hybridized carbons (Fsp3) is 0.0625. The van der Waals surface area contributed by atoms with Gasteiger partial charge in [-0.15, -0.1) is 0 Å². The average Bonchev–Trinajstić information content (AvgIpc) is 2.41. The standard InChI is InChI=1S/C16H15FO4/c1-4-5-11(10(2)17)6-7-13(19)16-14(20)8-12(18)9-15(16)21-3/h4-9,18,20H,1-2H2,3H3/b7-6+,11-5-. The summed E-state index contributed by atoms with van der Waals surface area (Å²) >= 11 is 0. The third-order valence-corrected chi connectivity index (χ3v) is 2.56. The van der Waals surface area contributed by atoms with Gasteiger partial charge in [-0.05, 0) is 12.2 Å². The molecule has 0 atom stereocenters. The second-order valence-corrected chi connectivity index (χ2v) is 4.00. The average molecular weight is 290 g/mol. The maximum absolute atomic E-state index is 13.1. The van der Waals surface area contributed by atoms with Crippen LogP contribution in [0.2, 0.25) is 0 Å². The lowest BCUT2D eigenvalue weighted by Gasteiger charge is -2.08. The smallest absolute Gasteiger partial charge is 0.193 e. The lowest BCUT2D eigenvalue weighted by atomic mass is 10.1. The molecule has 110 valence electrons. The van der Waals surface area contributed by atoms with Gasteiger partial charge in [0.05, 0.1) is 7.11 Å². The van der Waals surface area contributed by atoms with Crippen molar-refractivity contribution in [3.8, 4) is 17.2 Å². The molecule has 0 saturated heterocycles. The Bertz CT molecular complexity index is 642. The number of hydrogen-bond acceptors (Lipinski definition) is 4. The van der Waals surface area contributed by atoms with Crippen LogP contribution in [0.25, 0.3) is 0 Å². The van der Waals surface area contributed by atoms with E-state index in [0.29, 0.717) is 0 Å². The Kier molecular flexibility index (Phi) is 5.48. The lowest BCUT2D eigenvalue weighted by molar-refractivity contribution is 0.104. The number of phenols is 2. The number of halogens is 1. The van der Waals surface area contributed by atoms with Gasteiger partial charge in [0, 0.05) is 17.7 Å². The second-order valence-electron chi connectivity index (χ2n) is 4.00. The minimum absolute atomic E-state index is 0.00970. The number of benzene rings is 1. The predicted octanol–water partition coefficient (Wildman–Crippen LogP) is 3.44. The molecule has 0 saturated carbocycles. The van der Waals surface area contributed by atoms with Gasteiger partial charge in [0.25, 0.3) is 0 Å². The van der Waals surface area contributed by atoms with Crippen LogP contribution < -0.4 is 4.74 Å². The molecule has 0 aromatic heterocycles. The molecule has 5 heteroatoms. The fourth-order valence-corrected chi connectivity index (χ4v) is 1.61. The Morgan fingerprint density at radius 3 is 2.52 bits per heavy atom. The molecule has 0 bridgehead atoms. The highest BCUT2D eigenvalue weighted by atomic mass is 19.1. The number of ketones is 1. The first-order chi connectivity index (χ1) is 9.90. The minimum Gasteiger partial charge on any atom is -0.508 e. The minimum atomic E-state index is -0.721. The van der Waals surface area contributed by atoms with E-state index in [1.807, 2.05) is 0 Å². The zero-order valence-corrected chi connectivity index (χ0v) is 11.5. The van der Waals surface area contributed by atoms with Crippen molar-refractivity contribution in [2.75, 3.05) is 7.11 Å². The number of carbonyl (C=O) groups is 1. The third-order valence-electron chi connectivity index (χ3n) is 2.56. The molecule has 2 N–H and O–H groups in total. The molecule has 0 heterocycles. The van der Waals surface area contributed by atoms with E-state index in [0.717, 1.165) is 12.1 Å². The molecule has 4 nitrogen and oxygen atoms in total. The molecule has 1 rings (SSSR count). The molecule has 1 aromatic carbocycles. The summed E-state index contributed by atoms with van der Waals surface area (Å²) in [5, 5.41) is 19.1. The van der Waals surface area contributed by atoms with Crippen LogP contribution in [0.15, 0.2) is 61.0 Å². The van der Waals surface area contributed by atoms with Gasteiger partial charge in [-0.3, -0.25) is 4.79 Å². The zero-order chi connectivity index (χ0) is 16.0. The molecule has 0 fully saturated rings. The Morgan fingerprint density at radius 2 is 2.00 bits per heavy atom. The van der Waals surface area contributed by atoms with Gasteiger partial charge in [0.15, 0.2) is 5.78 Å². The Balaban J connectivity index is 3.18. The maximum Gasteiger partial charge on any atom is 0.193 e. The van der Waals surface area contributed by atoms with E-state index in [2.05, 4.69) is 13.2 Å². The molecular weight excluding hydrogens is 275 g/mol. The number of hydrogen-bond donors (Lipinski definition) is 2. The first-order valence-corrected chi connectivity index (χ1v) is 5.90. The van der Waals surface area contributed by atoms with E-state index < -0.39 is 17.4 Å². The van der Waals surface area contributed by atoms with Crippen molar-refractivity contribution < 1.29 is 24.1 Å². The summed E-state index contributed by atoms with van der Waals surface area (Å²) in [4.78, 5) is 12.1. The topological polar surface area (TPSA) is 66.8 Å². The van der Waals surface area contributed by atoms with Crippen LogP contribution in [0.5, 0.6) is 17.2 Å². The highest BCUT2D eigenvalue weighted by Crippen LogP contribution is 2.33. The van der Waals surface area contributed by atoms with Crippen LogP contribution in [0.1, 0.15) is 10.4 Å². The third kappa shape index (κ3) is 4.07. The summed E-state index contributed by atoms with van der Waals surface area (Å²) in [6, 6.07) is 2.20. The van der Waals surface area contributed by atoms with Crippen molar-refractivity contribution in [2.45, 2.75) is 0 Å². The van der Waals surface area contributed by atoms with E-state index in [1.54, 1.807) is 0 Å². The van der Waals surface area contributed by atoms with Gasteiger partial charge < -0.3 is 14.9 Å².